The number of benzene rings is 1. The smallest absolute Gasteiger partial charge is 0.171 e. The predicted octanol–water partition coefficient (Wildman–Crippen LogP) is 1.97. The molecular weight excluding hydrogens is 339 g/mol. The van der Waals surface area contributed by atoms with Gasteiger partial charge in [0.25, 0.3) is 0 Å². The van der Waals surface area contributed by atoms with Gasteiger partial charge in [-0.3, -0.25) is 4.90 Å². The molecule has 0 radical (unpaired) electrons. The molecule has 21 heavy (non-hydrogen) atoms. The number of piperazine rings is 1. The quantitative estimate of drug-likeness (QED) is 0.368. The van der Waals surface area contributed by atoms with Crippen LogP contribution in [0.3, 0.4) is 0 Å². The SMILES string of the molecule is N/C(=N/O)c1ccc(N2CCN3CCCC3C2)c(F)c1Br. The second-order valence-electron chi connectivity index (χ2n) is 5.52. The topological polar surface area (TPSA) is 65.1 Å². The summed E-state index contributed by atoms with van der Waals surface area (Å²) in [6.07, 6.45) is 2.41. The van der Waals surface area contributed by atoms with Gasteiger partial charge in [-0.25, -0.2) is 4.39 Å². The van der Waals surface area contributed by atoms with Crippen molar-refractivity contribution in [3.05, 3.63) is 28.0 Å². The van der Waals surface area contributed by atoms with E-state index >= 15 is 0 Å². The number of halogens is 2. The standard InChI is InChI=1S/C14H18BrFN4O/c15-12-10(14(17)18-21)3-4-11(13(12)16)20-7-6-19-5-1-2-9(19)8-20/h3-4,9,21H,1-2,5-8H2,(H2,17,18). The molecule has 0 aromatic heterocycles. The van der Waals surface area contributed by atoms with Crippen LogP contribution in [0.1, 0.15) is 18.4 Å². The molecule has 2 fully saturated rings. The molecule has 0 bridgehead atoms. The highest BCUT2D eigenvalue weighted by Gasteiger charge is 2.32. The second kappa shape index (κ2) is 5.81. The highest BCUT2D eigenvalue weighted by atomic mass is 79.9. The van der Waals surface area contributed by atoms with E-state index < -0.39 is 0 Å². The van der Waals surface area contributed by atoms with Crippen molar-refractivity contribution in [1.29, 1.82) is 0 Å². The molecule has 114 valence electrons. The van der Waals surface area contributed by atoms with Gasteiger partial charge in [-0.1, -0.05) is 5.16 Å². The molecule has 0 spiro atoms. The first kappa shape index (κ1) is 14.6. The average molecular weight is 357 g/mol. The van der Waals surface area contributed by atoms with E-state index in [0.29, 0.717) is 17.3 Å². The Kier molecular flexibility index (Phi) is 4.03. The normalized spacial score (nSPS) is 23.4. The number of fused-ring (bicyclic) bond motifs is 1. The molecule has 1 aromatic rings. The molecule has 0 aliphatic carbocycles. The largest absolute Gasteiger partial charge is 0.409 e. The first-order valence-corrected chi connectivity index (χ1v) is 7.86. The van der Waals surface area contributed by atoms with Gasteiger partial charge in [0.1, 0.15) is 0 Å². The summed E-state index contributed by atoms with van der Waals surface area (Å²) >= 11 is 3.21. The lowest BCUT2D eigenvalue weighted by Gasteiger charge is -2.39. The summed E-state index contributed by atoms with van der Waals surface area (Å²) in [6.45, 7) is 3.81. The highest BCUT2D eigenvalue weighted by molar-refractivity contribution is 9.10. The van der Waals surface area contributed by atoms with E-state index in [1.807, 2.05) is 0 Å². The molecule has 3 N–H and O–H groups in total. The molecule has 2 aliphatic rings. The van der Waals surface area contributed by atoms with Crippen LogP contribution in [0.2, 0.25) is 0 Å². The molecule has 3 rings (SSSR count). The number of hydrogen-bond acceptors (Lipinski definition) is 4. The number of nitrogens with two attached hydrogens (primary N) is 1. The molecule has 2 heterocycles. The molecule has 0 saturated carbocycles. The van der Waals surface area contributed by atoms with E-state index in [9.17, 15) is 4.39 Å². The van der Waals surface area contributed by atoms with E-state index in [1.54, 1.807) is 12.1 Å². The monoisotopic (exact) mass is 356 g/mol. The minimum absolute atomic E-state index is 0.104. The van der Waals surface area contributed by atoms with E-state index in [2.05, 4.69) is 30.9 Å². The Morgan fingerprint density at radius 2 is 2.19 bits per heavy atom. The molecule has 1 unspecified atom stereocenters. The third kappa shape index (κ3) is 2.60. The zero-order valence-corrected chi connectivity index (χ0v) is 13.2. The zero-order valence-electron chi connectivity index (χ0n) is 11.6. The number of amidine groups is 1. The maximum absolute atomic E-state index is 14.6. The average Bonchev–Trinajstić information content (AvgIpc) is 2.96. The third-order valence-corrected chi connectivity index (χ3v) is 5.15. The van der Waals surface area contributed by atoms with Gasteiger partial charge >= 0.3 is 0 Å². The van der Waals surface area contributed by atoms with Crippen LogP contribution < -0.4 is 10.6 Å². The predicted molar refractivity (Wildman–Crippen MR) is 83.4 cm³/mol. The van der Waals surface area contributed by atoms with Crippen LogP contribution in [0.4, 0.5) is 10.1 Å². The lowest BCUT2D eigenvalue weighted by molar-refractivity contribution is 0.230. The van der Waals surface area contributed by atoms with Crippen molar-refractivity contribution < 1.29 is 9.60 Å². The van der Waals surface area contributed by atoms with Gasteiger partial charge in [0.2, 0.25) is 0 Å². The molecule has 1 atom stereocenters. The van der Waals surface area contributed by atoms with Crippen molar-refractivity contribution in [2.24, 2.45) is 10.9 Å². The molecular formula is C14H18BrFN4O. The fourth-order valence-electron chi connectivity index (χ4n) is 3.25. The van der Waals surface area contributed by atoms with Crippen molar-refractivity contribution in [3.63, 3.8) is 0 Å². The minimum atomic E-state index is -0.356. The Morgan fingerprint density at radius 3 is 2.95 bits per heavy atom. The number of nitrogens with zero attached hydrogens (tertiary/aromatic N) is 3. The van der Waals surface area contributed by atoms with Crippen LogP contribution in [0.5, 0.6) is 0 Å². The molecule has 2 aliphatic heterocycles. The summed E-state index contributed by atoms with van der Waals surface area (Å²) in [7, 11) is 0. The van der Waals surface area contributed by atoms with Gasteiger partial charge in [-0.2, -0.15) is 0 Å². The molecule has 0 amide bonds. The van der Waals surface area contributed by atoms with Crippen LogP contribution in [0.15, 0.2) is 21.8 Å². The number of oxime groups is 1. The zero-order chi connectivity index (χ0) is 15.0. The maximum atomic E-state index is 14.6. The molecule has 1 aromatic carbocycles. The van der Waals surface area contributed by atoms with E-state index in [4.69, 9.17) is 10.9 Å². The second-order valence-corrected chi connectivity index (χ2v) is 6.32. The number of rotatable bonds is 2. The van der Waals surface area contributed by atoms with Crippen molar-refractivity contribution in [2.75, 3.05) is 31.1 Å². The van der Waals surface area contributed by atoms with Gasteiger partial charge in [0.05, 0.1) is 10.2 Å². The van der Waals surface area contributed by atoms with E-state index in [0.717, 1.165) is 26.2 Å². The van der Waals surface area contributed by atoms with Gasteiger partial charge < -0.3 is 15.8 Å². The van der Waals surface area contributed by atoms with Crippen molar-refractivity contribution in [2.45, 2.75) is 18.9 Å². The van der Waals surface area contributed by atoms with Gasteiger partial charge in [-0.15, -0.1) is 0 Å². The fourth-order valence-corrected chi connectivity index (χ4v) is 3.78. The van der Waals surface area contributed by atoms with Crippen molar-refractivity contribution in [1.82, 2.24) is 4.90 Å². The fraction of sp³-hybridized carbons (Fsp3) is 0.500. The summed E-state index contributed by atoms with van der Waals surface area (Å²) in [6, 6.07) is 3.91. The van der Waals surface area contributed by atoms with E-state index in [1.165, 1.54) is 12.8 Å². The lowest BCUT2D eigenvalue weighted by atomic mass is 10.1. The summed E-state index contributed by atoms with van der Waals surface area (Å²) in [5, 5.41) is 11.7. The van der Waals surface area contributed by atoms with Gasteiger partial charge in [0.15, 0.2) is 11.7 Å². The van der Waals surface area contributed by atoms with E-state index in [-0.39, 0.29) is 16.1 Å². The Hall–Kier alpha value is -1.34. The number of anilines is 1. The van der Waals surface area contributed by atoms with Crippen LogP contribution in [0, 0.1) is 5.82 Å². The molecule has 5 nitrogen and oxygen atoms in total. The summed E-state index contributed by atoms with van der Waals surface area (Å²) < 4.78 is 14.8. The Bertz CT molecular complexity index is 580. The Balaban J connectivity index is 1.87. The summed E-state index contributed by atoms with van der Waals surface area (Å²) in [5.41, 5.74) is 6.48. The van der Waals surface area contributed by atoms with Crippen molar-refractivity contribution in [3.8, 4) is 0 Å². The first-order valence-electron chi connectivity index (χ1n) is 7.06. The minimum Gasteiger partial charge on any atom is -0.409 e. The van der Waals surface area contributed by atoms with Crippen molar-refractivity contribution >= 4 is 27.5 Å². The Morgan fingerprint density at radius 1 is 1.38 bits per heavy atom. The third-order valence-electron chi connectivity index (χ3n) is 4.37. The first-order chi connectivity index (χ1) is 10.1. The molecule has 7 heteroatoms. The van der Waals surface area contributed by atoms with Crippen LogP contribution >= 0.6 is 15.9 Å². The maximum Gasteiger partial charge on any atom is 0.171 e. The van der Waals surface area contributed by atoms with Gasteiger partial charge in [-0.05, 0) is 47.4 Å². The highest BCUT2D eigenvalue weighted by Crippen LogP contribution is 2.32. The summed E-state index contributed by atoms with van der Waals surface area (Å²) in [4.78, 5) is 4.57. The lowest BCUT2D eigenvalue weighted by Crippen LogP contribution is -2.50. The summed E-state index contributed by atoms with van der Waals surface area (Å²) in [5.74, 6) is -0.460. The molecule has 2 saturated heterocycles. The van der Waals surface area contributed by atoms with Crippen LogP contribution in [-0.2, 0) is 0 Å². The Labute approximate surface area is 131 Å². The van der Waals surface area contributed by atoms with Crippen LogP contribution in [-0.4, -0.2) is 48.2 Å². The van der Waals surface area contributed by atoms with Crippen LogP contribution in [0.25, 0.3) is 0 Å². The number of hydrogen-bond donors (Lipinski definition) is 2. The van der Waals surface area contributed by atoms with Gasteiger partial charge in [0, 0.05) is 31.2 Å².